The molecule has 0 bridgehead atoms. The predicted octanol–water partition coefficient (Wildman–Crippen LogP) is 3.77. The lowest BCUT2D eigenvalue weighted by molar-refractivity contribution is -0.134. The predicted molar refractivity (Wildman–Crippen MR) is 112 cm³/mol. The van der Waals surface area contributed by atoms with Crippen molar-refractivity contribution in [1.82, 2.24) is 15.1 Å². The number of rotatable bonds is 5. The van der Waals surface area contributed by atoms with Crippen LogP contribution in [-0.2, 0) is 11.3 Å². The van der Waals surface area contributed by atoms with Gasteiger partial charge in [0.25, 0.3) is 5.91 Å². The van der Waals surface area contributed by atoms with Crippen molar-refractivity contribution in [2.45, 2.75) is 19.5 Å². The summed E-state index contributed by atoms with van der Waals surface area (Å²) >= 11 is 10.7. The van der Waals surface area contributed by atoms with Gasteiger partial charge in [-0.15, -0.1) is 11.3 Å². The van der Waals surface area contributed by atoms with Crippen molar-refractivity contribution >= 4 is 50.7 Å². The van der Waals surface area contributed by atoms with E-state index in [1.54, 1.807) is 36.1 Å². The van der Waals surface area contributed by atoms with E-state index in [-0.39, 0.29) is 17.6 Å². The van der Waals surface area contributed by atoms with Gasteiger partial charge in [-0.1, -0.05) is 17.7 Å². The Morgan fingerprint density at radius 2 is 1.96 bits per heavy atom. The summed E-state index contributed by atoms with van der Waals surface area (Å²) < 4.78 is 14.8. The Bertz CT molecular complexity index is 850. The molecule has 0 saturated carbocycles. The quantitative estimate of drug-likeness (QED) is 0.697. The normalized spacial score (nSPS) is 16.1. The molecule has 1 N–H and O–H groups in total. The fraction of sp³-hybridized carbons (Fsp3) is 0.368. The lowest BCUT2D eigenvalue weighted by Crippen LogP contribution is -2.53. The van der Waals surface area contributed by atoms with Gasteiger partial charge in [-0.3, -0.25) is 14.5 Å². The lowest BCUT2D eigenvalue weighted by atomic mass is 10.1. The first-order valence-corrected chi connectivity index (χ1v) is 10.8. The zero-order chi connectivity index (χ0) is 20.3. The highest BCUT2D eigenvalue weighted by atomic mass is 79.9. The third kappa shape index (κ3) is 5.11. The fourth-order valence-electron chi connectivity index (χ4n) is 3.07. The van der Waals surface area contributed by atoms with Crippen molar-refractivity contribution < 1.29 is 14.0 Å². The molecule has 2 aromatic rings. The number of carbonyl (C=O) groups is 2. The van der Waals surface area contributed by atoms with Crippen molar-refractivity contribution in [1.29, 1.82) is 0 Å². The van der Waals surface area contributed by atoms with E-state index in [1.165, 1.54) is 17.4 Å². The van der Waals surface area contributed by atoms with Crippen LogP contribution in [0.15, 0.2) is 34.1 Å². The topological polar surface area (TPSA) is 52.7 Å². The highest BCUT2D eigenvalue weighted by Gasteiger charge is 2.27. The molecule has 0 spiro atoms. The van der Waals surface area contributed by atoms with Crippen LogP contribution in [0.5, 0.6) is 0 Å². The van der Waals surface area contributed by atoms with Gasteiger partial charge in [0.2, 0.25) is 5.91 Å². The summed E-state index contributed by atoms with van der Waals surface area (Å²) in [6.45, 7) is 4.39. The smallest absolute Gasteiger partial charge is 0.262 e. The number of amides is 2. The van der Waals surface area contributed by atoms with Crippen molar-refractivity contribution in [3.63, 3.8) is 0 Å². The molecule has 3 rings (SSSR count). The fourth-order valence-corrected chi connectivity index (χ4v) is 4.59. The minimum absolute atomic E-state index is 0.118. The summed E-state index contributed by atoms with van der Waals surface area (Å²) in [6, 6.07) is 7.57. The van der Waals surface area contributed by atoms with E-state index in [9.17, 15) is 14.0 Å². The minimum Gasteiger partial charge on any atom is -0.340 e. The van der Waals surface area contributed by atoms with Gasteiger partial charge in [-0.25, -0.2) is 4.39 Å². The van der Waals surface area contributed by atoms with Gasteiger partial charge < -0.3 is 10.2 Å². The molecule has 2 amide bonds. The summed E-state index contributed by atoms with van der Waals surface area (Å²) in [4.78, 5) is 29.2. The summed E-state index contributed by atoms with van der Waals surface area (Å²) in [6.07, 6.45) is 0. The molecular formula is C19H20BrClFN3O2S. The highest BCUT2D eigenvalue weighted by Crippen LogP contribution is 2.23. The number of carbonyl (C=O) groups excluding carboxylic acids is 2. The molecule has 1 atom stereocenters. The van der Waals surface area contributed by atoms with Crippen LogP contribution in [0, 0.1) is 5.82 Å². The third-order valence-corrected chi connectivity index (χ3v) is 6.62. The molecule has 5 nitrogen and oxygen atoms in total. The van der Waals surface area contributed by atoms with Crippen LogP contribution in [0.2, 0.25) is 5.02 Å². The van der Waals surface area contributed by atoms with E-state index in [1.807, 2.05) is 0 Å². The van der Waals surface area contributed by atoms with Gasteiger partial charge in [0.05, 0.1) is 8.66 Å². The lowest BCUT2D eigenvalue weighted by Gasteiger charge is -2.36. The Hall–Kier alpha value is -1.48. The van der Waals surface area contributed by atoms with Crippen LogP contribution in [0.4, 0.5) is 4.39 Å². The second kappa shape index (κ2) is 9.35. The molecule has 2 heterocycles. The zero-order valence-corrected chi connectivity index (χ0v) is 18.4. The maximum absolute atomic E-state index is 14.0. The first kappa shape index (κ1) is 21.2. The maximum atomic E-state index is 14.0. The standard InChI is InChI=1S/C19H20BrClFN3O2S/c1-12(23-18(26)16-5-6-17(20)28-16)19(27)25-9-7-24(8-10-25)11-13-14(21)3-2-4-15(13)22/h2-6,12H,7-11H2,1H3,(H,23,26). The molecule has 1 aliphatic heterocycles. The Morgan fingerprint density at radius 1 is 1.25 bits per heavy atom. The van der Waals surface area contributed by atoms with Crippen LogP contribution in [-0.4, -0.2) is 53.8 Å². The Labute approximate surface area is 180 Å². The number of hydrogen-bond donors (Lipinski definition) is 1. The van der Waals surface area contributed by atoms with Crippen molar-refractivity contribution in [3.8, 4) is 0 Å². The van der Waals surface area contributed by atoms with Crippen LogP contribution in [0.3, 0.4) is 0 Å². The molecule has 1 unspecified atom stereocenters. The Morgan fingerprint density at radius 3 is 2.57 bits per heavy atom. The van der Waals surface area contributed by atoms with E-state index in [4.69, 9.17) is 11.6 Å². The molecule has 28 heavy (non-hydrogen) atoms. The molecule has 9 heteroatoms. The highest BCUT2D eigenvalue weighted by molar-refractivity contribution is 9.11. The zero-order valence-electron chi connectivity index (χ0n) is 15.3. The summed E-state index contributed by atoms with van der Waals surface area (Å²) in [5.41, 5.74) is 0.478. The number of hydrogen-bond acceptors (Lipinski definition) is 4. The maximum Gasteiger partial charge on any atom is 0.262 e. The Kier molecular flexibility index (Phi) is 7.09. The summed E-state index contributed by atoms with van der Waals surface area (Å²) in [5, 5.41) is 3.16. The van der Waals surface area contributed by atoms with Gasteiger partial charge in [0.1, 0.15) is 11.9 Å². The van der Waals surface area contributed by atoms with Gasteiger partial charge in [0, 0.05) is 43.3 Å². The average molecular weight is 489 g/mol. The van der Waals surface area contributed by atoms with Gasteiger partial charge in [0.15, 0.2) is 0 Å². The van der Waals surface area contributed by atoms with E-state index in [2.05, 4.69) is 26.1 Å². The van der Waals surface area contributed by atoms with Crippen molar-refractivity contribution in [3.05, 3.63) is 55.4 Å². The molecular weight excluding hydrogens is 469 g/mol. The van der Waals surface area contributed by atoms with Crippen molar-refractivity contribution in [2.75, 3.05) is 26.2 Å². The number of nitrogens with one attached hydrogen (secondary N) is 1. The minimum atomic E-state index is -0.610. The molecule has 0 aliphatic carbocycles. The molecule has 1 saturated heterocycles. The number of thiophene rings is 1. The van der Waals surface area contributed by atoms with Crippen LogP contribution in [0.25, 0.3) is 0 Å². The SMILES string of the molecule is CC(NC(=O)c1ccc(Br)s1)C(=O)N1CCN(Cc2c(F)cccc2Cl)CC1. The van der Waals surface area contributed by atoms with Crippen LogP contribution < -0.4 is 5.32 Å². The number of nitrogens with zero attached hydrogens (tertiary/aromatic N) is 2. The number of benzene rings is 1. The molecule has 1 aliphatic rings. The first-order valence-electron chi connectivity index (χ1n) is 8.85. The van der Waals surface area contributed by atoms with Crippen LogP contribution >= 0.6 is 38.9 Å². The summed E-state index contributed by atoms with van der Waals surface area (Å²) in [5.74, 6) is -0.695. The van der Waals surface area contributed by atoms with E-state index >= 15 is 0 Å². The third-order valence-electron chi connectivity index (χ3n) is 4.64. The van der Waals surface area contributed by atoms with Gasteiger partial charge >= 0.3 is 0 Å². The monoisotopic (exact) mass is 487 g/mol. The Balaban J connectivity index is 1.51. The average Bonchev–Trinajstić information content (AvgIpc) is 3.11. The molecule has 1 aromatic carbocycles. The van der Waals surface area contributed by atoms with Crippen molar-refractivity contribution in [2.24, 2.45) is 0 Å². The van der Waals surface area contributed by atoms with E-state index in [0.717, 1.165) is 3.79 Å². The molecule has 1 aromatic heterocycles. The summed E-state index contributed by atoms with van der Waals surface area (Å²) in [7, 11) is 0. The number of halogens is 3. The second-order valence-electron chi connectivity index (χ2n) is 6.60. The first-order chi connectivity index (χ1) is 13.3. The molecule has 1 fully saturated rings. The van der Waals surface area contributed by atoms with E-state index < -0.39 is 6.04 Å². The van der Waals surface area contributed by atoms with Crippen LogP contribution in [0.1, 0.15) is 22.2 Å². The number of piperazine rings is 1. The molecule has 0 radical (unpaired) electrons. The van der Waals surface area contributed by atoms with Gasteiger partial charge in [-0.2, -0.15) is 0 Å². The van der Waals surface area contributed by atoms with E-state index in [0.29, 0.717) is 48.2 Å². The molecule has 150 valence electrons. The van der Waals surface area contributed by atoms with Gasteiger partial charge in [-0.05, 0) is 47.1 Å². The largest absolute Gasteiger partial charge is 0.340 e. The second-order valence-corrected chi connectivity index (χ2v) is 9.47.